The van der Waals surface area contributed by atoms with Crippen LogP contribution in [0.4, 0.5) is 11.4 Å². The van der Waals surface area contributed by atoms with Crippen LogP contribution in [0.15, 0.2) is 24.3 Å². The quantitative estimate of drug-likeness (QED) is 0.607. The van der Waals surface area contributed by atoms with Crippen LogP contribution in [0.1, 0.15) is 0 Å². The van der Waals surface area contributed by atoms with E-state index in [4.69, 9.17) is 15.6 Å². The van der Waals surface area contributed by atoms with Crippen LogP contribution >= 0.6 is 0 Å². The average molecular weight is 246 g/mol. The second-order valence-corrected chi connectivity index (χ2v) is 3.35. The number of aliphatic hydroxyl groups excluding tert-OH is 1. The van der Waals surface area contributed by atoms with E-state index in [1.165, 1.54) is 29.2 Å². The summed E-state index contributed by atoms with van der Waals surface area (Å²) in [4.78, 5) is 11.3. The number of nitro benzene ring substituents is 1. The van der Waals surface area contributed by atoms with Crippen molar-refractivity contribution in [3.8, 4) is 12.1 Å². The van der Waals surface area contributed by atoms with Crippen molar-refractivity contribution in [2.45, 2.75) is 6.04 Å². The highest BCUT2D eigenvalue weighted by atomic mass is 16.6. The number of rotatable bonds is 5. The number of benzene rings is 1. The minimum atomic E-state index is -1.04. The number of nitrogens with zero attached hydrogens (tertiary/aromatic N) is 4. The van der Waals surface area contributed by atoms with Crippen LogP contribution in [-0.2, 0) is 0 Å². The summed E-state index contributed by atoms with van der Waals surface area (Å²) in [5, 5.41) is 37.1. The van der Waals surface area contributed by atoms with Gasteiger partial charge in [0, 0.05) is 24.4 Å². The topological polar surface area (TPSA) is 114 Å². The highest BCUT2D eigenvalue weighted by Crippen LogP contribution is 2.20. The standard InChI is InChI=1S/C11H10N4O3/c12-7-11(8-13)14(5-6-16)9-1-3-10(4-2-9)15(17)18/h1-4,11,16H,5-6H2. The predicted molar refractivity (Wildman–Crippen MR) is 62.5 cm³/mol. The van der Waals surface area contributed by atoms with Gasteiger partial charge in [0.25, 0.3) is 5.69 Å². The zero-order valence-corrected chi connectivity index (χ0v) is 9.35. The first kappa shape index (κ1) is 13.4. The van der Waals surface area contributed by atoms with E-state index in [-0.39, 0.29) is 18.8 Å². The Balaban J connectivity index is 3.04. The first-order valence-electron chi connectivity index (χ1n) is 5.05. The fourth-order valence-corrected chi connectivity index (χ4v) is 1.45. The number of nitriles is 2. The van der Waals surface area contributed by atoms with Crippen molar-refractivity contribution in [3.05, 3.63) is 34.4 Å². The first-order valence-corrected chi connectivity index (χ1v) is 5.05. The fourth-order valence-electron chi connectivity index (χ4n) is 1.45. The normalized spacial score (nSPS) is 9.56. The van der Waals surface area contributed by atoms with Gasteiger partial charge in [0.1, 0.15) is 12.1 Å². The van der Waals surface area contributed by atoms with Gasteiger partial charge < -0.3 is 10.0 Å². The van der Waals surface area contributed by atoms with Crippen molar-refractivity contribution in [1.82, 2.24) is 0 Å². The highest BCUT2D eigenvalue weighted by Gasteiger charge is 2.18. The molecule has 0 heterocycles. The number of hydrogen-bond acceptors (Lipinski definition) is 6. The minimum Gasteiger partial charge on any atom is -0.395 e. The third-order valence-electron chi connectivity index (χ3n) is 2.29. The highest BCUT2D eigenvalue weighted by molar-refractivity contribution is 5.54. The summed E-state index contributed by atoms with van der Waals surface area (Å²) in [5.74, 6) is 0. The van der Waals surface area contributed by atoms with Gasteiger partial charge in [-0.15, -0.1) is 0 Å². The van der Waals surface area contributed by atoms with Gasteiger partial charge in [-0.05, 0) is 12.1 Å². The maximum absolute atomic E-state index is 10.5. The molecule has 0 saturated carbocycles. The largest absolute Gasteiger partial charge is 0.395 e. The van der Waals surface area contributed by atoms with Gasteiger partial charge >= 0.3 is 0 Å². The Morgan fingerprint density at radius 1 is 1.33 bits per heavy atom. The molecule has 0 aliphatic carbocycles. The molecule has 0 aromatic heterocycles. The Bertz CT molecular complexity index is 487. The number of nitro groups is 1. The summed E-state index contributed by atoms with van der Waals surface area (Å²) < 4.78 is 0. The van der Waals surface area contributed by atoms with E-state index in [1.807, 2.05) is 0 Å². The van der Waals surface area contributed by atoms with Crippen molar-refractivity contribution in [3.63, 3.8) is 0 Å². The third-order valence-corrected chi connectivity index (χ3v) is 2.29. The maximum Gasteiger partial charge on any atom is 0.269 e. The van der Waals surface area contributed by atoms with Crippen LogP contribution in [0.3, 0.4) is 0 Å². The second kappa shape index (κ2) is 6.18. The molecular formula is C11H10N4O3. The van der Waals surface area contributed by atoms with E-state index in [2.05, 4.69) is 0 Å². The smallest absolute Gasteiger partial charge is 0.269 e. The van der Waals surface area contributed by atoms with E-state index >= 15 is 0 Å². The SMILES string of the molecule is N#CC(C#N)N(CCO)c1ccc([N+](=O)[O-])cc1. The Morgan fingerprint density at radius 3 is 2.28 bits per heavy atom. The molecule has 0 amide bonds. The van der Waals surface area contributed by atoms with Gasteiger partial charge in [-0.2, -0.15) is 10.5 Å². The van der Waals surface area contributed by atoms with E-state index in [1.54, 1.807) is 12.1 Å². The van der Waals surface area contributed by atoms with Crippen molar-refractivity contribution >= 4 is 11.4 Å². The molecule has 1 aromatic carbocycles. The third kappa shape index (κ3) is 2.94. The zero-order valence-electron chi connectivity index (χ0n) is 9.35. The van der Waals surface area contributed by atoms with E-state index in [0.29, 0.717) is 5.69 Å². The second-order valence-electron chi connectivity index (χ2n) is 3.35. The number of aliphatic hydroxyl groups is 1. The molecule has 0 aliphatic heterocycles. The van der Waals surface area contributed by atoms with E-state index < -0.39 is 11.0 Å². The van der Waals surface area contributed by atoms with Gasteiger partial charge in [-0.25, -0.2) is 0 Å². The number of non-ortho nitro benzene ring substituents is 1. The fraction of sp³-hybridized carbons (Fsp3) is 0.273. The predicted octanol–water partition coefficient (Wildman–Crippen LogP) is 0.809. The van der Waals surface area contributed by atoms with Crippen LogP contribution in [-0.4, -0.2) is 29.2 Å². The molecule has 0 fully saturated rings. The molecular weight excluding hydrogens is 236 g/mol. The lowest BCUT2D eigenvalue weighted by Crippen LogP contribution is -2.35. The Kier molecular flexibility index (Phi) is 4.61. The lowest BCUT2D eigenvalue weighted by Gasteiger charge is -2.24. The molecule has 1 rings (SSSR count). The molecule has 0 radical (unpaired) electrons. The molecule has 0 aliphatic rings. The maximum atomic E-state index is 10.5. The molecule has 0 spiro atoms. The molecule has 7 heteroatoms. The molecule has 0 unspecified atom stereocenters. The van der Waals surface area contributed by atoms with Gasteiger partial charge in [-0.1, -0.05) is 0 Å². The summed E-state index contributed by atoms with van der Waals surface area (Å²) >= 11 is 0. The lowest BCUT2D eigenvalue weighted by atomic mass is 10.2. The monoisotopic (exact) mass is 246 g/mol. The van der Waals surface area contributed by atoms with E-state index in [0.717, 1.165) is 0 Å². The molecule has 0 atom stereocenters. The zero-order chi connectivity index (χ0) is 13.5. The molecule has 1 aromatic rings. The van der Waals surface area contributed by atoms with Gasteiger partial charge in [0.2, 0.25) is 6.04 Å². The van der Waals surface area contributed by atoms with Crippen LogP contribution in [0.2, 0.25) is 0 Å². The molecule has 1 N–H and O–H groups in total. The van der Waals surface area contributed by atoms with Gasteiger partial charge in [0.05, 0.1) is 11.5 Å². The van der Waals surface area contributed by atoms with Crippen LogP contribution < -0.4 is 4.90 Å². The molecule has 0 saturated heterocycles. The van der Waals surface area contributed by atoms with Crippen LogP contribution in [0.5, 0.6) is 0 Å². The summed E-state index contributed by atoms with van der Waals surface area (Å²) in [5.41, 5.74) is 0.399. The van der Waals surface area contributed by atoms with Crippen molar-refractivity contribution in [2.75, 3.05) is 18.1 Å². The van der Waals surface area contributed by atoms with Gasteiger partial charge in [-0.3, -0.25) is 10.1 Å². The number of hydrogen-bond donors (Lipinski definition) is 1. The first-order chi connectivity index (χ1) is 8.63. The lowest BCUT2D eigenvalue weighted by molar-refractivity contribution is -0.384. The molecule has 7 nitrogen and oxygen atoms in total. The van der Waals surface area contributed by atoms with Gasteiger partial charge in [0.15, 0.2) is 0 Å². The Hall–Kier alpha value is -2.64. The molecule has 92 valence electrons. The Labute approximate surface area is 103 Å². The Morgan fingerprint density at radius 2 is 1.89 bits per heavy atom. The van der Waals surface area contributed by atoms with E-state index in [9.17, 15) is 10.1 Å². The van der Waals surface area contributed by atoms with Crippen LogP contribution in [0, 0.1) is 32.8 Å². The van der Waals surface area contributed by atoms with Crippen molar-refractivity contribution in [1.29, 1.82) is 10.5 Å². The number of anilines is 1. The molecule has 0 bridgehead atoms. The summed E-state index contributed by atoms with van der Waals surface area (Å²) in [6.07, 6.45) is 0. The van der Waals surface area contributed by atoms with Crippen molar-refractivity contribution < 1.29 is 10.0 Å². The summed E-state index contributed by atoms with van der Waals surface area (Å²) in [6, 6.07) is 7.99. The summed E-state index contributed by atoms with van der Waals surface area (Å²) in [6.45, 7) is -0.125. The van der Waals surface area contributed by atoms with Crippen LogP contribution in [0.25, 0.3) is 0 Å². The van der Waals surface area contributed by atoms with Crippen molar-refractivity contribution in [2.24, 2.45) is 0 Å². The average Bonchev–Trinajstić information content (AvgIpc) is 2.39. The summed E-state index contributed by atoms with van der Waals surface area (Å²) in [7, 11) is 0. The molecule has 18 heavy (non-hydrogen) atoms. The minimum absolute atomic E-state index is 0.0758.